The highest BCUT2D eigenvalue weighted by molar-refractivity contribution is 7.16. The second kappa shape index (κ2) is 8.06. The van der Waals surface area contributed by atoms with Crippen molar-refractivity contribution in [2.24, 2.45) is 12.0 Å². The first-order valence-corrected chi connectivity index (χ1v) is 8.78. The number of nitrogens with zero attached hydrogens (tertiary/aromatic N) is 3. The fourth-order valence-corrected chi connectivity index (χ4v) is 3.51. The third-order valence-corrected chi connectivity index (χ3v) is 4.95. The summed E-state index contributed by atoms with van der Waals surface area (Å²) in [7, 11) is 1.91. The van der Waals surface area contributed by atoms with Crippen molar-refractivity contribution in [3.05, 3.63) is 29.1 Å². The minimum Gasteiger partial charge on any atom is -0.343 e. The van der Waals surface area contributed by atoms with Crippen molar-refractivity contribution in [2.75, 3.05) is 13.1 Å². The summed E-state index contributed by atoms with van der Waals surface area (Å²) in [5.41, 5.74) is 1.07. The Morgan fingerprint density at radius 1 is 1.17 bits per heavy atom. The van der Waals surface area contributed by atoms with Gasteiger partial charge in [0, 0.05) is 33.0 Å². The number of hydrogen-bond donors (Lipinski definition) is 0. The normalized spacial score (nSPS) is 11.9. The minimum atomic E-state index is -0.167. The number of rotatable bonds is 6. The first-order valence-electron chi connectivity index (χ1n) is 7.96. The van der Waals surface area contributed by atoms with Gasteiger partial charge < -0.3 is 9.47 Å². The molecule has 2 aromatic rings. The molecule has 1 heterocycles. The van der Waals surface area contributed by atoms with Gasteiger partial charge in [0.2, 0.25) is 11.8 Å². The Labute approximate surface area is 140 Å². The van der Waals surface area contributed by atoms with Crippen molar-refractivity contribution in [2.45, 2.75) is 33.1 Å². The van der Waals surface area contributed by atoms with Crippen LogP contribution in [0, 0.1) is 0 Å². The number of amides is 2. The standard InChI is InChI=1S/C17H23N3O2S/c1-4-20(5-2)16(22)12-8-11-15(21)18-17-19(3)13-9-6-7-10-14(13)23-17/h6-7,9-10H,4-5,8,11-12H2,1-3H3. The Kier molecular flexibility index (Phi) is 6.10. The van der Waals surface area contributed by atoms with Crippen LogP contribution in [-0.4, -0.2) is 34.4 Å². The highest BCUT2D eigenvalue weighted by atomic mass is 32.1. The lowest BCUT2D eigenvalue weighted by atomic mass is 10.2. The molecule has 0 bridgehead atoms. The van der Waals surface area contributed by atoms with Crippen molar-refractivity contribution in [1.82, 2.24) is 9.47 Å². The lowest BCUT2D eigenvalue weighted by molar-refractivity contribution is -0.131. The Bertz CT molecular complexity index is 757. The van der Waals surface area contributed by atoms with E-state index < -0.39 is 0 Å². The topological polar surface area (TPSA) is 54.7 Å². The summed E-state index contributed by atoms with van der Waals surface area (Å²) in [5, 5.41) is 0. The highest BCUT2D eigenvalue weighted by Gasteiger charge is 2.10. The summed E-state index contributed by atoms with van der Waals surface area (Å²) in [5.74, 6) is -0.0604. The highest BCUT2D eigenvalue weighted by Crippen LogP contribution is 2.15. The molecule has 124 valence electrons. The fourth-order valence-electron chi connectivity index (χ4n) is 2.48. The molecule has 5 nitrogen and oxygen atoms in total. The summed E-state index contributed by atoms with van der Waals surface area (Å²) in [4.78, 5) is 30.6. The maximum atomic E-state index is 12.0. The van der Waals surface area contributed by atoms with E-state index in [9.17, 15) is 9.59 Å². The quantitative estimate of drug-likeness (QED) is 0.816. The Hall–Kier alpha value is -1.95. The minimum absolute atomic E-state index is 0.107. The fraction of sp³-hybridized carbons (Fsp3) is 0.471. The second-order valence-electron chi connectivity index (χ2n) is 5.34. The molecule has 0 aliphatic heterocycles. The monoisotopic (exact) mass is 333 g/mol. The van der Waals surface area contributed by atoms with E-state index in [2.05, 4.69) is 4.99 Å². The third kappa shape index (κ3) is 4.28. The molecule has 0 saturated heterocycles. The van der Waals surface area contributed by atoms with Crippen molar-refractivity contribution >= 4 is 33.4 Å². The number of aryl methyl sites for hydroxylation is 1. The smallest absolute Gasteiger partial charge is 0.248 e. The second-order valence-corrected chi connectivity index (χ2v) is 6.35. The van der Waals surface area contributed by atoms with Crippen LogP contribution in [-0.2, 0) is 16.6 Å². The molecule has 2 rings (SSSR count). The lowest BCUT2D eigenvalue weighted by Crippen LogP contribution is -2.30. The summed E-state index contributed by atoms with van der Waals surface area (Å²) >= 11 is 1.50. The van der Waals surface area contributed by atoms with Gasteiger partial charge in [-0.1, -0.05) is 23.5 Å². The van der Waals surface area contributed by atoms with Crippen molar-refractivity contribution < 1.29 is 9.59 Å². The molecular weight excluding hydrogens is 310 g/mol. The number of carbonyl (C=O) groups excluding carboxylic acids is 2. The van der Waals surface area contributed by atoms with Crippen LogP contribution in [0.2, 0.25) is 0 Å². The van der Waals surface area contributed by atoms with Gasteiger partial charge in [-0.3, -0.25) is 9.59 Å². The van der Waals surface area contributed by atoms with Crippen LogP contribution in [0.1, 0.15) is 33.1 Å². The number of hydrogen-bond acceptors (Lipinski definition) is 3. The molecule has 2 amide bonds. The first kappa shape index (κ1) is 17.4. The molecule has 0 aliphatic rings. The van der Waals surface area contributed by atoms with Crippen LogP contribution in [0.5, 0.6) is 0 Å². The van der Waals surface area contributed by atoms with E-state index in [1.807, 2.05) is 49.7 Å². The molecule has 0 unspecified atom stereocenters. The molecule has 0 saturated carbocycles. The maximum absolute atomic E-state index is 12.0. The predicted octanol–water partition coefficient (Wildman–Crippen LogP) is 2.71. The number of thiazole rings is 1. The van der Waals surface area contributed by atoms with E-state index in [-0.39, 0.29) is 11.8 Å². The third-order valence-electron chi connectivity index (χ3n) is 3.83. The van der Waals surface area contributed by atoms with Gasteiger partial charge in [0.1, 0.15) is 0 Å². The molecule has 0 radical (unpaired) electrons. The van der Waals surface area contributed by atoms with Crippen molar-refractivity contribution in [3.8, 4) is 0 Å². The molecular formula is C17H23N3O2S. The molecule has 0 spiro atoms. The predicted molar refractivity (Wildman–Crippen MR) is 93.1 cm³/mol. The van der Waals surface area contributed by atoms with E-state index in [1.54, 1.807) is 4.90 Å². The molecule has 0 N–H and O–H groups in total. The molecule has 0 fully saturated rings. The van der Waals surface area contributed by atoms with Gasteiger partial charge >= 0.3 is 0 Å². The zero-order valence-corrected chi connectivity index (χ0v) is 14.7. The Morgan fingerprint density at radius 3 is 2.52 bits per heavy atom. The van der Waals surface area contributed by atoms with Crippen LogP contribution in [0.15, 0.2) is 29.3 Å². The summed E-state index contributed by atoms with van der Waals surface area (Å²) in [6.45, 7) is 5.35. The van der Waals surface area contributed by atoms with Gasteiger partial charge in [-0.2, -0.15) is 4.99 Å². The van der Waals surface area contributed by atoms with Gasteiger partial charge in [0.25, 0.3) is 0 Å². The Balaban J connectivity index is 1.98. The van der Waals surface area contributed by atoms with E-state index in [0.29, 0.717) is 37.2 Å². The van der Waals surface area contributed by atoms with Crippen LogP contribution in [0.25, 0.3) is 10.2 Å². The van der Waals surface area contributed by atoms with E-state index in [1.165, 1.54) is 11.3 Å². The van der Waals surface area contributed by atoms with Crippen molar-refractivity contribution in [3.63, 3.8) is 0 Å². The van der Waals surface area contributed by atoms with Gasteiger partial charge in [0.05, 0.1) is 10.2 Å². The SMILES string of the molecule is CCN(CC)C(=O)CCCC(=O)N=c1sc2ccccc2n1C. The number of para-hydroxylation sites is 1. The van der Waals surface area contributed by atoms with E-state index in [0.717, 1.165) is 10.2 Å². The zero-order chi connectivity index (χ0) is 16.8. The van der Waals surface area contributed by atoms with Gasteiger partial charge in [-0.15, -0.1) is 0 Å². The number of aromatic nitrogens is 1. The summed E-state index contributed by atoms with van der Waals surface area (Å²) in [6, 6.07) is 7.98. The van der Waals surface area contributed by atoms with Gasteiger partial charge in [0.15, 0.2) is 4.80 Å². The van der Waals surface area contributed by atoms with Gasteiger partial charge in [-0.25, -0.2) is 0 Å². The molecule has 0 aliphatic carbocycles. The largest absolute Gasteiger partial charge is 0.343 e. The van der Waals surface area contributed by atoms with Gasteiger partial charge in [-0.05, 0) is 32.4 Å². The molecule has 1 aromatic heterocycles. The van der Waals surface area contributed by atoms with Crippen LogP contribution in [0.3, 0.4) is 0 Å². The maximum Gasteiger partial charge on any atom is 0.248 e. The average molecular weight is 333 g/mol. The molecule has 23 heavy (non-hydrogen) atoms. The molecule has 1 aromatic carbocycles. The number of carbonyl (C=O) groups is 2. The number of fused-ring (bicyclic) bond motifs is 1. The van der Waals surface area contributed by atoms with Crippen molar-refractivity contribution in [1.29, 1.82) is 0 Å². The van der Waals surface area contributed by atoms with Crippen LogP contribution in [0.4, 0.5) is 0 Å². The van der Waals surface area contributed by atoms with E-state index in [4.69, 9.17) is 0 Å². The summed E-state index contributed by atoms with van der Waals surface area (Å²) < 4.78 is 3.04. The van der Waals surface area contributed by atoms with E-state index >= 15 is 0 Å². The lowest BCUT2D eigenvalue weighted by Gasteiger charge is -2.18. The van der Waals surface area contributed by atoms with Crippen LogP contribution >= 0.6 is 11.3 Å². The Morgan fingerprint density at radius 2 is 1.87 bits per heavy atom. The zero-order valence-electron chi connectivity index (χ0n) is 13.9. The molecule has 6 heteroatoms. The average Bonchev–Trinajstić information content (AvgIpc) is 2.85. The number of benzene rings is 1. The molecule has 0 atom stereocenters. The summed E-state index contributed by atoms with van der Waals surface area (Å²) in [6.07, 6.45) is 1.26. The van der Waals surface area contributed by atoms with Crippen LogP contribution < -0.4 is 4.80 Å². The first-order chi connectivity index (χ1) is 11.1.